The van der Waals surface area contributed by atoms with E-state index >= 15 is 0 Å². The number of nitrogens with zero attached hydrogens (tertiary/aromatic N) is 1. The highest BCUT2D eigenvalue weighted by atomic mass is 19.1. The van der Waals surface area contributed by atoms with Gasteiger partial charge in [0.05, 0.1) is 0 Å². The van der Waals surface area contributed by atoms with E-state index in [9.17, 15) is 4.39 Å². The summed E-state index contributed by atoms with van der Waals surface area (Å²) < 4.78 is 13.3. The molecular weight excluding hydrogens is 191 g/mol. The van der Waals surface area contributed by atoms with Crippen LogP contribution in [0, 0.1) is 5.82 Å². The number of rotatable bonds is 2. The molecule has 1 unspecified atom stereocenters. The number of halogens is 1. The molecule has 1 aromatic carbocycles. The van der Waals surface area contributed by atoms with E-state index in [0.717, 1.165) is 12.2 Å². The molecule has 0 aliphatic carbocycles. The topological polar surface area (TPSA) is 29.3 Å². The summed E-state index contributed by atoms with van der Waals surface area (Å²) >= 11 is 0. The molecule has 0 bridgehead atoms. The van der Waals surface area contributed by atoms with Crippen molar-refractivity contribution in [2.75, 3.05) is 11.4 Å². The molecular formula is C12H17FN2. The Bertz CT molecular complexity index is 351. The number of nitrogens with two attached hydrogens (primary N) is 1. The Morgan fingerprint density at radius 2 is 2.33 bits per heavy atom. The third kappa shape index (κ3) is 1.97. The predicted octanol–water partition coefficient (Wildman–Crippen LogP) is 2.27. The van der Waals surface area contributed by atoms with Crippen molar-refractivity contribution in [2.24, 2.45) is 5.73 Å². The van der Waals surface area contributed by atoms with Crippen molar-refractivity contribution in [2.45, 2.75) is 32.4 Å². The molecule has 15 heavy (non-hydrogen) atoms. The van der Waals surface area contributed by atoms with Crippen LogP contribution in [0.3, 0.4) is 0 Å². The van der Waals surface area contributed by atoms with E-state index in [4.69, 9.17) is 5.73 Å². The van der Waals surface area contributed by atoms with Gasteiger partial charge >= 0.3 is 0 Å². The van der Waals surface area contributed by atoms with Crippen LogP contribution in [0.2, 0.25) is 0 Å². The van der Waals surface area contributed by atoms with E-state index in [1.54, 1.807) is 0 Å². The van der Waals surface area contributed by atoms with Crippen LogP contribution in [0.25, 0.3) is 0 Å². The lowest BCUT2D eigenvalue weighted by Crippen LogP contribution is -2.26. The molecule has 0 saturated carbocycles. The van der Waals surface area contributed by atoms with Crippen LogP contribution in [-0.2, 0) is 6.54 Å². The van der Waals surface area contributed by atoms with Crippen molar-refractivity contribution in [1.29, 1.82) is 0 Å². The van der Waals surface area contributed by atoms with Gasteiger partial charge in [0.15, 0.2) is 0 Å². The first-order valence-corrected chi connectivity index (χ1v) is 5.47. The van der Waals surface area contributed by atoms with Crippen molar-refractivity contribution in [1.82, 2.24) is 0 Å². The maximum absolute atomic E-state index is 13.3. The second-order valence-corrected chi connectivity index (χ2v) is 4.16. The minimum atomic E-state index is -0.201. The van der Waals surface area contributed by atoms with Crippen LogP contribution in [0.1, 0.15) is 25.3 Å². The molecule has 0 spiro atoms. The molecule has 0 radical (unpaired) electrons. The van der Waals surface area contributed by atoms with Crippen LogP contribution < -0.4 is 10.6 Å². The van der Waals surface area contributed by atoms with Crippen molar-refractivity contribution in [3.8, 4) is 0 Å². The van der Waals surface area contributed by atoms with Gasteiger partial charge in [-0.2, -0.15) is 0 Å². The molecule has 1 aliphatic rings. The third-order valence-corrected chi connectivity index (χ3v) is 3.13. The van der Waals surface area contributed by atoms with E-state index in [1.807, 2.05) is 12.1 Å². The second-order valence-electron chi connectivity index (χ2n) is 4.16. The van der Waals surface area contributed by atoms with Crippen LogP contribution >= 0.6 is 0 Å². The largest absolute Gasteiger partial charge is 0.369 e. The first kappa shape index (κ1) is 10.4. The Balaban J connectivity index is 2.28. The molecule has 1 fully saturated rings. The number of hydrogen-bond acceptors (Lipinski definition) is 2. The maximum Gasteiger partial charge on any atom is 0.127 e. The van der Waals surface area contributed by atoms with Crippen molar-refractivity contribution >= 4 is 5.69 Å². The zero-order valence-electron chi connectivity index (χ0n) is 9.04. The van der Waals surface area contributed by atoms with Crippen molar-refractivity contribution in [3.63, 3.8) is 0 Å². The van der Waals surface area contributed by atoms with Crippen LogP contribution in [0.5, 0.6) is 0 Å². The van der Waals surface area contributed by atoms with Gasteiger partial charge in [0, 0.05) is 30.4 Å². The Labute approximate surface area is 89.9 Å². The van der Waals surface area contributed by atoms with Gasteiger partial charge in [-0.1, -0.05) is 0 Å². The Morgan fingerprint density at radius 3 is 2.93 bits per heavy atom. The van der Waals surface area contributed by atoms with Gasteiger partial charge in [-0.05, 0) is 38.0 Å². The summed E-state index contributed by atoms with van der Waals surface area (Å²) in [5, 5.41) is 0. The predicted molar refractivity (Wildman–Crippen MR) is 60.3 cm³/mol. The third-order valence-electron chi connectivity index (χ3n) is 3.13. The number of benzene rings is 1. The summed E-state index contributed by atoms with van der Waals surface area (Å²) in [5.74, 6) is -0.201. The molecule has 1 heterocycles. The van der Waals surface area contributed by atoms with Crippen molar-refractivity contribution < 1.29 is 4.39 Å². The molecule has 2 nitrogen and oxygen atoms in total. The van der Waals surface area contributed by atoms with E-state index in [-0.39, 0.29) is 12.4 Å². The maximum atomic E-state index is 13.3. The van der Waals surface area contributed by atoms with Crippen LogP contribution in [0.4, 0.5) is 10.1 Å². The number of hydrogen-bond donors (Lipinski definition) is 1. The highest BCUT2D eigenvalue weighted by Gasteiger charge is 2.20. The minimum absolute atomic E-state index is 0.201. The normalized spacial score (nSPS) is 21.0. The van der Waals surface area contributed by atoms with E-state index in [0.29, 0.717) is 11.6 Å². The Kier molecular flexibility index (Phi) is 2.91. The van der Waals surface area contributed by atoms with Gasteiger partial charge in [-0.3, -0.25) is 0 Å². The van der Waals surface area contributed by atoms with Gasteiger partial charge in [0.2, 0.25) is 0 Å². The average molecular weight is 208 g/mol. The zero-order valence-corrected chi connectivity index (χ0v) is 9.04. The first-order chi connectivity index (χ1) is 7.22. The summed E-state index contributed by atoms with van der Waals surface area (Å²) in [6, 6.07) is 5.79. The summed E-state index contributed by atoms with van der Waals surface area (Å²) in [6.45, 7) is 3.54. The van der Waals surface area contributed by atoms with Gasteiger partial charge in [-0.25, -0.2) is 4.39 Å². The molecule has 0 amide bonds. The lowest BCUT2D eigenvalue weighted by Gasteiger charge is -2.24. The van der Waals surface area contributed by atoms with Crippen LogP contribution in [0.15, 0.2) is 18.2 Å². The van der Waals surface area contributed by atoms with Gasteiger partial charge < -0.3 is 10.6 Å². The van der Waals surface area contributed by atoms with Gasteiger partial charge in [0.1, 0.15) is 5.82 Å². The number of anilines is 1. The smallest absolute Gasteiger partial charge is 0.127 e. The lowest BCUT2D eigenvalue weighted by molar-refractivity contribution is 0.610. The monoisotopic (exact) mass is 208 g/mol. The fraction of sp³-hybridized carbons (Fsp3) is 0.500. The van der Waals surface area contributed by atoms with E-state index in [1.165, 1.54) is 18.9 Å². The highest BCUT2D eigenvalue weighted by Crippen LogP contribution is 2.26. The highest BCUT2D eigenvalue weighted by molar-refractivity contribution is 5.50. The Hall–Kier alpha value is -1.09. The standard InChI is InChI=1S/C12H17FN2/c1-9-3-2-6-15(9)11-4-5-12(13)10(7-11)8-14/h4-5,7,9H,2-3,6,8,14H2,1H3. The molecule has 1 atom stereocenters. The quantitative estimate of drug-likeness (QED) is 0.807. The summed E-state index contributed by atoms with van der Waals surface area (Å²) in [7, 11) is 0. The van der Waals surface area contributed by atoms with Gasteiger partial charge in [0.25, 0.3) is 0 Å². The summed E-state index contributed by atoms with van der Waals surface area (Å²) in [4.78, 5) is 2.32. The summed E-state index contributed by atoms with van der Waals surface area (Å²) in [6.07, 6.45) is 2.44. The fourth-order valence-electron chi connectivity index (χ4n) is 2.21. The zero-order chi connectivity index (χ0) is 10.8. The summed E-state index contributed by atoms with van der Waals surface area (Å²) in [5.41, 5.74) is 7.20. The average Bonchev–Trinajstić information content (AvgIpc) is 2.65. The fourth-order valence-corrected chi connectivity index (χ4v) is 2.21. The molecule has 0 aromatic heterocycles. The second kappa shape index (κ2) is 4.19. The van der Waals surface area contributed by atoms with E-state index in [2.05, 4.69) is 11.8 Å². The minimum Gasteiger partial charge on any atom is -0.369 e. The molecule has 82 valence electrons. The molecule has 1 aliphatic heterocycles. The molecule has 2 N–H and O–H groups in total. The SMILES string of the molecule is CC1CCCN1c1ccc(F)c(CN)c1. The van der Waals surface area contributed by atoms with Crippen molar-refractivity contribution in [3.05, 3.63) is 29.6 Å². The molecule has 1 aromatic rings. The lowest BCUT2D eigenvalue weighted by atomic mass is 10.1. The molecule has 3 heteroatoms. The van der Waals surface area contributed by atoms with E-state index < -0.39 is 0 Å². The Morgan fingerprint density at radius 1 is 1.53 bits per heavy atom. The molecule has 2 rings (SSSR count). The van der Waals surface area contributed by atoms with Gasteiger partial charge in [-0.15, -0.1) is 0 Å². The van der Waals surface area contributed by atoms with Crippen LogP contribution in [-0.4, -0.2) is 12.6 Å². The first-order valence-electron chi connectivity index (χ1n) is 5.47. The molecule has 1 saturated heterocycles.